The van der Waals surface area contributed by atoms with E-state index in [0.717, 1.165) is 23.1 Å². The van der Waals surface area contributed by atoms with Gasteiger partial charge in [-0.05, 0) is 36.6 Å². The molecule has 0 fully saturated rings. The molecule has 0 heterocycles. The topological polar surface area (TPSA) is 41.1 Å². The van der Waals surface area contributed by atoms with Crippen LogP contribution in [0.4, 0.5) is 5.69 Å². The second kappa shape index (κ2) is 8.14. The number of nitrogens with one attached hydrogen (secondary N) is 2. The lowest BCUT2D eigenvalue weighted by molar-refractivity contribution is -0.120. The predicted octanol–water partition coefficient (Wildman–Crippen LogP) is 3.41. The maximum Gasteiger partial charge on any atom is 0.221 e. The third-order valence-electron chi connectivity index (χ3n) is 2.57. The largest absolute Gasteiger partial charge is 0.385 e. The number of hydrogen-bond acceptors (Lipinski definition) is 2. The molecule has 0 radical (unpaired) electrons. The van der Waals surface area contributed by atoms with Crippen molar-refractivity contribution >= 4 is 27.5 Å². The number of hydrogen-bond donors (Lipinski definition) is 2. The van der Waals surface area contributed by atoms with E-state index in [4.69, 9.17) is 0 Å². The molecule has 100 valence electrons. The average Bonchev–Trinajstić information content (AvgIpc) is 2.31. The van der Waals surface area contributed by atoms with Crippen LogP contribution in [0.2, 0.25) is 0 Å². The van der Waals surface area contributed by atoms with Crippen molar-refractivity contribution in [3.05, 3.63) is 28.7 Å². The van der Waals surface area contributed by atoms with Crippen LogP contribution >= 0.6 is 15.9 Å². The summed E-state index contributed by atoms with van der Waals surface area (Å²) in [6.07, 6.45) is 1.54. The number of carbonyl (C=O) groups excluding carboxylic acids is 1. The van der Waals surface area contributed by atoms with Gasteiger partial charge in [0, 0.05) is 29.7 Å². The lowest BCUT2D eigenvalue weighted by atomic mass is 10.1. The first kappa shape index (κ1) is 15.0. The molecule has 0 spiro atoms. The van der Waals surface area contributed by atoms with Gasteiger partial charge in [-0.3, -0.25) is 4.79 Å². The predicted molar refractivity (Wildman–Crippen MR) is 79.7 cm³/mol. The van der Waals surface area contributed by atoms with Gasteiger partial charge in [-0.1, -0.05) is 29.8 Å². The van der Waals surface area contributed by atoms with E-state index in [1.54, 1.807) is 0 Å². The van der Waals surface area contributed by atoms with Crippen LogP contribution in [-0.2, 0) is 4.79 Å². The number of carbonyl (C=O) groups is 1. The summed E-state index contributed by atoms with van der Waals surface area (Å²) in [5.41, 5.74) is 1.04. The van der Waals surface area contributed by atoms with Crippen LogP contribution in [0.15, 0.2) is 28.7 Å². The van der Waals surface area contributed by atoms with Crippen LogP contribution in [0.5, 0.6) is 0 Å². The lowest BCUT2D eigenvalue weighted by Crippen LogP contribution is -2.27. The number of rotatable bonds is 7. The standard InChI is InChI=1S/C14H21BrN2O/c1-11(2)7-9-17-14(18)8-10-16-13-5-3-12(15)4-6-13/h3-6,11,16H,7-10H2,1-2H3,(H,17,18). The Morgan fingerprint density at radius 1 is 1.22 bits per heavy atom. The summed E-state index contributed by atoms with van der Waals surface area (Å²) in [6, 6.07) is 7.93. The summed E-state index contributed by atoms with van der Waals surface area (Å²) in [5.74, 6) is 0.742. The lowest BCUT2D eigenvalue weighted by Gasteiger charge is -2.08. The van der Waals surface area contributed by atoms with Crippen molar-refractivity contribution in [2.24, 2.45) is 5.92 Å². The summed E-state index contributed by atoms with van der Waals surface area (Å²) in [6.45, 7) is 5.74. The van der Waals surface area contributed by atoms with E-state index in [9.17, 15) is 4.79 Å². The molecule has 1 aromatic carbocycles. The van der Waals surface area contributed by atoms with E-state index in [1.807, 2.05) is 24.3 Å². The smallest absolute Gasteiger partial charge is 0.221 e. The Balaban J connectivity index is 2.13. The molecule has 3 nitrogen and oxygen atoms in total. The first-order valence-corrected chi connectivity index (χ1v) is 7.13. The molecule has 0 aliphatic rings. The highest BCUT2D eigenvalue weighted by molar-refractivity contribution is 9.10. The molecule has 0 saturated heterocycles. The third-order valence-corrected chi connectivity index (χ3v) is 3.10. The number of halogens is 1. The van der Waals surface area contributed by atoms with Gasteiger partial charge in [0.1, 0.15) is 0 Å². The van der Waals surface area contributed by atoms with Gasteiger partial charge < -0.3 is 10.6 Å². The zero-order chi connectivity index (χ0) is 13.4. The molecule has 0 unspecified atom stereocenters. The first-order valence-electron chi connectivity index (χ1n) is 6.34. The molecule has 2 N–H and O–H groups in total. The van der Waals surface area contributed by atoms with Crippen LogP contribution in [-0.4, -0.2) is 19.0 Å². The number of anilines is 1. The van der Waals surface area contributed by atoms with Gasteiger partial charge in [0.05, 0.1) is 0 Å². The van der Waals surface area contributed by atoms with Crippen molar-refractivity contribution < 1.29 is 4.79 Å². The number of benzene rings is 1. The Morgan fingerprint density at radius 2 is 1.89 bits per heavy atom. The second-order valence-corrected chi connectivity index (χ2v) is 5.63. The Bertz CT molecular complexity index is 363. The van der Waals surface area contributed by atoms with Gasteiger partial charge in [0.25, 0.3) is 0 Å². The molecule has 0 bridgehead atoms. The average molecular weight is 313 g/mol. The van der Waals surface area contributed by atoms with Gasteiger partial charge in [-0.2, -0.15) is 0 Å². The summed E-state index contributed by atoms with van der Waals surface area (Å²) >= 11 is 3.38. The fourth-order valence-electron chi connectivity index (χ4n) is 1.48. The molecule has 0 saturated carbocycles. The normalized spacial score (nSPS) is 10.4. The third kappa shape index (κ3) is 6.64. The van der Waals surface area contributed by atoms with E-state index in [-0.39, 0.29) is 5.91 Å². The Labute approximate surface area is 117 Å². The molecular formula is C14H21BrN2O. The first-order chi connectivity index (χ1) is 8.58. The van der Waals surface area contributed by atoms with Crippen molar-refractivity contribution in [2.75, 3.05) is 18.4 Å². The van der Waals surface area contributed by atoms with Crippen molar-refractivity contribution in [3.63, 3.8) is 0 Å². The van der Waals surface area contributed by atoms with Crippen molar-refractivity contribution in [2.45, 2.75) is 26.7 Å². The van der Waals surface area contributed by atoms with Crippen molar-refractivity contribution in [3.8, 4) is 0 Å². The van der Waals surface area contributed by atoms with Crippen molar-refractivity contribution in [1.29, 1.82) is 0 Å². The van der Waals surface area contributed by atoms with Gasteiger partial charge in [-0.15, -0.1) is 0 Å². The number of amides is 1. The van der Waals surface area contributed by atoms with Crippen LogP contribution in [0.25, 0.3) is 0 Å². The zero-order valence-corrected chi connectivity index (χ0v) is 12.6. The maximum absolute atomic E-state index is 11.5. The SMILES string of the molecule is CC(C)CCNC(=O)CCNc1ccc(Br)cc1. The van der Waals surface area contributed by atoms with Crippen LogP contribution in [0, 0.1) is 5.92 Å². The quantitative estimate of drug-likeness (QED) is 0.810. The van der Waals surface area contributed by atoms with Gasteiger partial charge in [0.15, 0.2) is 0 Å². The summed E-state index contributed by atoms with van der Waals surface area (Å²) < 4.78 is 1.06. The molecule has 1 amide bonds. The minimum absolute atomic E-state index is 0.111. The fourth-order valence-corrected chi connectivity index (χ4v) is 1.74. The summed E-state index contributed by atoms with van der Waals surface area (Å²) in [4.78, 5) is 11.5. The second-order valence-electron chi connectivity index (χ2n) is 4.72. The molecule has 0 aliphatic carbocycles. The van der Waals surface area contributed by atoms with E-state index in [0.29, 0.717) is 18.9 Å². The molecule has 0 aliphatic heterocycles. The summed E-state index contributed by atoms with van der Waals surface area (Å²) in [7, 11) is 0. The maximum atomic E-state index is 11.5. The molecular weight excluding hydrogens is 292 g/mol. The Kier molecular flexibility index (Phi) is 6.80. The van der Waals surface area contributed by atoms with Gasteiger partial charge >= 0.3 is 0 Å². The molecule has 0 atom stereocenters. The van der Waals surface area contributed by atoms with Gasteiger partial charge in [-0.25, -0.2) is 0 Å². The highest BCUT2D eigenvalue weighted by Gasteiger charge is 2.01. The van der Waals surface area contributed by atoms with E-state index in [1.165, 1.54) is 0 Å². The van der Waals surface area contributed by atoms with E-state index < -0.39 is 0 Å². The van der Waals surface area contributed by atoms with Crippen LogP contribution in [0.3, 0.4) is 0 Å². The molecule has 0 aromatic heterocycles. The van der Waals surface area contributed by atoms with E-state index >= 15 is 0 Å². The minimum Gasteiger partial charge on any atom is -0.385 e. The molecule has 1 aromatic rings. The molecule has 18 heavy (non-hydrogen) atoms. The minimum atomic E-state index is 0.111. The van der Waals surface area contributed by atoms with Crippen LogP contribution < -0.4 is 10.6 Å². The molecule has 1 rings (SSSR count). The Morgan fingerprint density at radius 3 is 2.50 bits per heavy atom. The fraction of sp³-hybridized carbons (Fsp3) is 0.500. The molecule has 4 heteroatoms. The van der Waals surface area contributed by atoms with E-state index in [2.05, 4.69) is 40.4 Å². The van der Waals surface area contributed by atoms with Gasteiger partial charge in [0.2, 0.25) is 5.91 Å². The monoisotopic (exact) mass is 312 g/mol. The van der Waals surface area contributed by atoms with Crippen LogP contribution in [0.1, 0.15) is 26.7 Å². The zero-order valence-electron chi connectivity index (χ0n) is 11.0. The Hall–Kier alpha value is -1.03. The highest BCUT2D eigenvalue weighted by Crippen LogP contribution is 2.13. The summed E-state index contributed by atoms with van der Waals surface area (Å²) in [5, 5.41) is 6.14. The highest BCUT2D eigenvalue weighted by atomic mass is 79.9. The van der Waals surface area contributed by atoms with Crippen molar-refractivity contribution in [1.82, 2.24) is 5.32 Å².